The molecule has 0 spiro atoms. The van der Waals surface area contributed by atoms with Gasteiger partial charge in [-0.15, -0.1) is 0 Å². The van der Waals surface area contributed by atoms with Gasteiger partial charge in [-0.1, -0.05) is 0 Å². The SMILES string of the molecule is CC(F)(CC(F)F)C(F)(F)F. The molecule has 0 nitrogen and oxygen atoms in total. The molecular weight excluding hydrogens is 174 g/mol. The normalized spacial score (nSPS) is 18.5. The zero-order chi connectivity index (χ0) is 9.28. The summed E-state index contributed by atoms with van der Waals surface area (Å²) in [6.07, 6.45) is -10.3. The molecule has 1 unspecified atom stereocenters. The van der Waals surface area contributed by atoms with Crippen molar-refractivity contribution in [1.29, 1.82) is 0 Å². The van der Waals surface area contributed by atoms with Gasteiger partial charge in [0, 0.05) is 0 Å². The molecule has 0 aliphatic heterocycles. The van der Waals surface area contributed by atoms with Crippen LogP contribution in [-0.2, 0) is 0 Å². The Hall–Kier alpha value is -0.420. The smallest absolute Gasteiger partial charge is 0.234 e. The van der Waals surface area contributed by atoms with E-state index < -0.39 is 24.7 Å². The Labute approximate surface area is 59.2 Å². The largest absolute Gasteiger partial charge is 0.422 e. The predicted molar refractivity (Wildman–Crippen MR) is 26.2 cm³/mol. The fourth-order valence-electron chi connectivity index (χ4n) is 0.406. The lowest BCUT2D eigenvalue weighted by Gasteiger charge is -2.22. The van der Waals surface area contributed by atoms with Crippen molar-refractivity contribution in [3.63, 3.8) is 0 Å². The van der Waals surface area contributed by atoms with E-state index >= 15 is 0 Å². The number of hydrogen-bond donors (Lipinski definition) is 0. The van der Waals surface area contributed by atoms with E-state index in [9.17, 15) is 26.3 Å². The van der Waals surface area contributed by atoms with Gasteiger partial charge in [-0.2, -0.15) is 13.2 Å². The monoisotopic (exact) mass is 180 g/mol. The molecule has 0 bridgehead atoms. The first-order valence-electron chi connectivity index (χ1n) is 2.70. The number of halogens is 6. The number of alkyl halides is 6. The highest BCUT2D eigenvalue weighted by Crippen LogP contribution is 2.37. The van der Waals surface area contributed by atoms with E-state index in [1.807, 2.05) is 0 Å². The Morgan fingerprint density at radius 3 is 1.55 bits per heavy atom. The maximum atomic E-state index is 12.2. The predicted octanol–water partition coefficient (Wildman–Crippen LogP) is 2.93. The number of rotatable bonds is 2. The van der Waals surface area contributed by atoms with Gasteiger partial charge >= 0.3 is 6.18 Å². The van der Waals surface area contributed by atoms with Crippen LogP contribution in [0.2, 0.25) is 0 Å². The second kappa shape index (κ2) is 2.91. The molecule has 0 saturated heterocycles. The fraction of sp³-hybridized carbons (Fsp3) is 1.00. The molecule has 0 heterocycles. The van der Waals surface area contributed by atoms with Crippen LogP contribution in [0.25, 0.3) is 0 Å². The van der Waals surface area contributed by atoms with Crippen molar-refractivity contribution in [3.8, 4) is 0 Å². The summed E-state index contributed by atoms with van der Waals surface area (Å²) in [4.78, 5) is 0. The summed E-state index contributed by atoms with van der Waals surface area (Å²) in [6.45, 7) is 0.0964. The van der Waals surface area contributed by atoms with E-state index in [1.165, 1.54) is 0 Å². The van der Waals surface area contributed by atoms with Crippen molar-refractivity contribution in [3.05, 3.63) is 0 Å². The third kappa shape index (κ3) is 2.98. The van der Waals surface area contributed by atoms with Crippen LogP contribution in [-0.4, -0.2) is 18.3 Å². The average molecular weight is 180 g/mol. The quantitative estimate of drug-likeness (QED) is 0.573. The van der Waals surface area contributed by atoms with Gasteiger partial charge in [0.15, 0.2) is 0 Å². The summed E-state index contributed by atoms with van der Waals surface area (Å²) in [7, 11) is 0. The second-order valence-electron chi connectivity index (χ2n) is 2.29. The lowest BCUT2D eigenvalue weighted by Crippen LogP contribution is -2.39. The molecule has 0 radical (unpaired) electrons. The number of hydrogen-bond acceptors (Lipinski definition) is 0. The topological polar surface area (TPSA) is 0 Å². The van der Waals surface area contributed by atoms with Crippen LogP contribution in [0.3, 0.4) is 0 Å². The van der Waals surface area contributed by atoms with Gasteiger partial charge in [0.05, 0.1) is 6.42 Å². The molecular formula is C5H6F6. The lowest BCUT2D eigenvalue weighted by molar-refractivity contribution is -0.233. The summed E-state index contributed by atoms with van der Waals surface area (Å²) in [6, 6.07) is 0. The lowest BCUT2D eigenvalue weighted by atomic mass is 10.1. The zero-order valence-corrected chi connectivity index (χ0v) is 5.55. The van der Waals surface area contributed by atoms with Gasteiger partial charge in [0.25, 0.3) is 0 Å². The molecule has 0 aromatic heterocycles. The van der Waals surface area contributed by atoms with Crippen LogP contribution in [0, 0.1) is 0 Å². The van der Waals surface area contributed by atoms with Crippen molar-refractivity contribution >= 4 is 0 Å². The molecule has 6 heteroatoms. The van der Waals surface area contributed by atoms with Gasteiger partial charge in [0.1, 0.15) is 0 Å². The van der Waals surface area contributed by atoms with Crippen LogP contribution in [0.15, 0.2) is 0 Å². The van der Waals surface area contributed by atoms with E-state index in [0.29, 0.717) is 0 Å². The van der Waals surface area contributed by atoms with Crippen LogP contribution < -0.4 is 0 Å². The Kier molecular flexibility index (Phi) is 2.79. The molecule has 0 fully saturated rings. The summed E-state index contributed by atoms with van der Waals surface area (Å²) in [5.41, 5.74) is -3.79. The Morgan fingerprint density at radius 1 is 1.09 bits per heavy atom. The molecule has 11 heavy (non-hydrogen) atoms. The second-order valence-corrected chi connectivity index (χ2v) is 2.29. The van der Waals surface area contributed by atoms with E-state index in [2.05, 4.69) is 0 Å². The third-order valence-corrected chi connectivity index (χ3v) is 1.13. The standard InChI is InChI=1S/C5H6F6/c1-4(8,2-3(6)7)5(9,10)11/h3H,2H2,1H3. The summed E-state index contributed by atoms with van der Waals surface area (Å²) in [5, 5.41) is 0. The highest BCUT2D eigenvalue weighted by atomic mass is 19.4. The Morgan fingerprint density at radius 2 is 1.45 bits per heavy atom. The Balaban J connectivity index is 4.22. The van der Waals surface area contributed by atoms with E-state index in [0.717, 1.165) is 0 Å². The Bertz CT molecular complexity index is 123. The first-order valence-corrected chi connectivity index (χ1v) is 2.70. The van der Waals surface area contributed by atoms with Crippen LogP contribution in [0.4, 0.5) is 26.3 Å². The van der Waals surface area contributed by atoms with Gasteiger partial charge in [0.2, 0.25) is 12.1 Å². The minimum atomic E-state index is -5.22. The summed E-state index contributed by atoms with van der Waals surface area (Å²) in [5.74, 6) is 0. The van der Waals surface area contributed by atoms with Gasteiger partial charge in [-0.25, -0.2) is 13.2 Å². The molecule has 0 N–H and O–H groups in total. The fourth-order valence-corrected chi connectivity index (χ4v) is 0.406. The van der Waals surface area contributed by atoms with Gasteiger partial charge in [-0.3, -0.25) is 0 Å². The van der Waals surface area contributed by atoms with Crippen molar-refractivity contribution in [2.75, 3.05) is 0 Å². The van der Waals surface area contributed by atoms with Crippen molar-refractivity contribution in [2.24, 2.45) is 0 Å². The van der Waals surface area contributed by atoms with Gasteiger partial charge in [-0.05, 0) is 6.92 Å². The molecule has 68 valence electrons. The maximum absolute atomic E-state index is 12.2. The third-order valence-electron chi connectivity index (χ3n) is 1.13. The molecule has 0 rings (SSSR count). The van der Waals surface area contributed by atoms with E-state index in [4.69, 9.17) is 0 Å². The minimum Gasteiger partial charge on any atom is -0.234 e. The zero-order valence-electron chi connectivity index (χ0n) is 5.55. The molecule has 0 saturated carbocycles. The molecule has 0 aromatic rings. The van der Waals surface area contributed by atoms with Gasteiger partial charge < -0.3 is 0 Å². The van der Waals surface area contributed by atoms with Crippen LogP contribution in [0.5, 0.6) is 0 Å². The van der Waals surface area contributed by atoms with Crippen molar-refractivity contribution < 1.29 is 26.3 Å². The van der Waals surface area contributed by atoms with Crippen LogP contribution in [0.1, 0.15) is 13.3 Å². The van der Waals surface area contributed by atoms with Crippen molar-refractivity contribution in [2.45, 2.75) is 31.6 Å². The average Bonchev–Trinajstić information content (AvgIpc) is 1.56. The molecule has 0 aliphatic carbocycles. The first kappa shape index (κ1) is 10.6. The van der Waals surface area contributed by atoms with Crippen molar-refractivity contribution in [1.82, 2.24) is 0 Å². The summed E-state index contributed by atoms with van der Waals surface area (Å²) >= 11 is 0. The maximum Gasteiger partial charge on any atom is 0.422 e. The van der Waals surface area contributed by atoms with E-state index in [1.54, 1.807) is 0 Å². The molecule has 0 aliphatic rings. The highest BCUT2D eigenvalue weighted by molar-refractivity contribution is 4.82. The summed E-state index contributed by atoms with van der Waals surface area (Å²) < 4.78 is 69.3. The van der Waals surface area contributed by atoms with Crippen LogP contribution >= 0.6 is 0 Å². The molecule has 0 aromatic carbocycles. The molecule has 0 amide bonds. The minimum absolute atomic E-state index is 0.0964. The first-order chi connectivity index (χ1) is 4.67. The highest BCUT2D eigenvalue weighted by Gasteiger charge is 2.53. The molecule has 1 atom stereocenters. The van der Waals surface area contributed by atoms with E-state index in [-0.39, 0.29) is 6.92 Å².